The fourth-order valence-electron chi connectivity index (χ4n) is 1.41. The maximum Gasteiger partial charge on any atom is 0.235 e. The van der Waals surface area contributed by atoms with Crippen LogP contribution in [0.4, 0.5) is 0 Å². The lowest BCUT2D eigenvalue weighted by Gasteiger charge is -2.25. The highest BCUT2D eigenvalue weighted by Crippen LogP contribution is 2.30. The fraction of sp³-hybridized carbons (Fsp3) is 0.857. The number of hydrogen-bond donors (Lipinski definition) is 1. The van der Waals surface area contributed by atoms with Gasteiger partial charge in [-0.2, -0.15) is 4.31 Å². The highest BCUT2D eigenvalue weighted by atomic mass is 32.2. The van der Waals surface area contributed by atoms with E-state index in [1.54, 1.807) is 0 Å². The molecule has 0 spiro atoms. The van der Waals surface area contributed by atoms with E-state index in [9.17, 15) is 13.2 Å². The molecular weight excluding hydrogens is 192 g/mol. The first-order valence-corrected chi connectivity index (χ1v) is 5.87. The zero-order valence-electron chi connectivity index (χ0n) is 7.19. The van der Waals surface area contributed by atoms with Crippen LogP contribution in [0.3, 0.4) is 0 Å². The number of amides is 1. The number of sulfonamides is 1. The number of rotatable bonds is 2. The van der Waals surface area contributed by atoms with Crippen molar-refractivity contribution in [1.82, 2.24) is 9.62 Å². The van der Waals surface area contributed by atoms with Crippen LogP contribution in [0, 0.1) is 0 Å². The summed E-state index contributed by atoms with van der Waals surface area (Å²) < 4.78 is 24.6. The molecule has 0 radical (unpaired) electrons. The molecule has 0 bridgehead atoms. The van der Waals surface area contributed by atoms with Crippen molar-refractivity contribution in [3.63, 3.8) is 0 Å². The van der Waals surface area contributed by atoms with Crippen LogP contribution in [0.15, 0.2) is 0 Å². The number of nitrogens with zero attached hydrogens (tertiary/aromatic N) is 1. The Hall–Kier alpha value is -0.620. The largest absolute Gasteiger partial charge is 0.354 e. The second-order valence-electron chi connectivity index (χ2n) is 3.43. The number of nitrogens with one attached hydrogen (secondary N) is 1. The van der Waals surface area contributed by atoms with E-state index in [4.69, 9.17) is 0 Å². The second-order valence-corrected chi connectivity index (χ2v) is 5.64. The molecule has 1 N–H and O–H groups in total. The molecule has 2 rings (SSSR count). The van der Waals surface area contributed by atoms with Gasteiger partial charge in [0, 0.05) is 13.1 Å². The minimum atomic E-state index is -3.15. The van der Waals surface area contributed by atoms with E-state index < -0.39 is 10.0 Å². The van der Waals surface area contributed by atoms with Crippen LogP contribution >= 0.6 is 0 Å². The lowest BCUT2D eigenvalue weighted by molar-refractivity contribution is -0.122. The van der Waals surface area contributed by atoms with Gasteiger partial charge in [-0.15, -0.1) is 0 Å². The first-order valence-electron chi connectivity index (χ1n) is 4.36. The molecule has 74 valence electrons. The fourth-order valence-corrected chi connectivity index (χ4v) is 3.21. The highest BCUT2D eigenvalue weighted by Gasteiger charge is 2.41. The molecule has 1 heterocycles. The summed E-state index contributed by atoms with van der Waals surface area (Å²) in [6.07, 6.45) is 1.50. The third-order valence-electron chi connectivity index (χ3n) is 2.31. The predicted molar refractivity (Wildman–Crippen MR) is 46.5 cm³/mol. The van der Waals surface area contributed by atoms with Crippen molar-refractivity contribution in [3.8, 4) is 0 Å². The molecule has 2 aliphatic rings. The molecule has 1 aliphatic carbocycles. The third-order valence-corrected chi connectivity index (χ3v) is 4.65. The topological polar surface area (TPSA) is 66.5 Å². The molecule has 0 aromatic heterocycles. The minimum absolute atomic E-state index is 0.00116. The first-order chi connectivity index (χ1) is 6.10. The normalized spacial score (nSPS) is 25.7. The number of carbonyl (C=O) groups is 1. The summed E-state index contributed by atoms with van der Waals surface area (Å²) in [5.41, 5.74) is 0. The van der Waals surface area contributed by atoms with E-state index >= 15 is 0 Å². The zero-order valence-corrected chi connectivity index (χ0v) is 8.01. The summed E-state index contributed by atoms with van der Waals surface area (Å²) in [6.45, 7) is 0.855. The van der Waals surface area contributed by atoms with Gasteiger partial charge in [-0.05, 0) is 12.8 Å². The summed E-state index contributed by atoms with van der Waals surface area (Å²) >= 11 is 0. The Balaban J connectivity index is 2.10. The Morgan fingerprint density at radius 3 is 2.62 bits per heavy atom. The van der Waals surface area contributed by atoms with Crippen molar-refractivity contribution in [2.75, 3.05) is 19.6 Å². The zero-order chi connectivity index (χ0) is 9.47. The van der Waals surface area contributed by atoms with Gasteiger partial charge in [-0.25, -0.2) is 8.42 Å². The molecule has 0 atom stereocenters. The van der Waals surface area contributed by atoms with Gasteiger partial charge in [0.2, 0.25) is 15.9 Å². The number of hydrogen-bond acceptors (Lipinski definition) is 3. The maximum atomic E-state index is 11.6. The Bertz CT molecular complexity index is 321. The molecule has 6 heteroatoms. The molecule has 13 heavy (non-hydrogen) atoms. The average Bonchev–Trinajstić information content (AvgIpc) is 2.86. The van der Waals surface area contributed by atoms with E-state index in [2.05, 4.69) is 5.32 Å². The van der Waals surface area contributed by atoms with Crippen molar-refractivity contribution >= 4 is 15.9 Å². The van der Waals surface area contributed by atoms with Crippen LogP contribution in [0.1, 0.15) is 12.8 Å². The third kappa shape index (κ3) is 1.68. The lowest BCUT2D eigenvalue weighted by atomic mass is 10.4. The smallest absolute Gasteiger partial charge is 0.235 e. The van der Waals surface area contributed by atoms with Gasteiger partial charge in [-0.1, -0.05) is 0 Å². The van der Waals surface area contributed by atoms with Crippen LogP contribution in [-0.2, 0) is 14.8 Å². The predicted octanol–water partition coefficient (Wildman–Crippen LogP) is -1.09. The number of carbonyl (C=O) groups excluding carboxylic acids is 1. The van der Waals surface area contributed by atoms with E-state index in [-0.39, 0.29) is 17.7 Å². The molecule has 1 saturated heterocycles. The SMILES string of the molecule is O=C1CN(S(=O)(=O)C2CC2)CCN1. The van der Waals surface area contributed by atoms with Crippen molar-refractivity contribution in [3.05, 3.63) is 0 Å². The lowest BCUT2D eigenvalue weighted by Crippen LogP contribution is -2.50. The number of piperazine rings is 1. The Morgan fingerprint density at radius 1 is 1.38 bits per heavy atom. The quantitative estimate of drug-likeness (QED) is 0.621. The minimum Gasteiger partial charge on any atom is -0.354 e. The van der Waals surface area contributed by atoms with Gasteiger partial charge in [0.05, 0.1) is 11.8 Å². The van der Waals surface area contributed by atoms with Crippen LogP contribution in [0.5, 0.6) is 0 Å². The van der Waals surface area contributed by atoms with Gasteiger partial charge in [0.25, 0.3) is 0 Å². The molecule has 0 unspecified atom stereocenters. The summed E-state index contributed by atoms with van der Waals surface area (Å²) in [5.74, 6) is -0.199. The molecule has 0 aromatic carbocycles. The summed E-state index contributed by atoms with van der Waals surface area (Å²) in [4.78, 5) is 10.9. The molecule has 1 amide bonds. The summed E-state index contributed by atoms with van der Waals surface area (Å²) in [5, 5.41) is 2.39. The average molecular weight is 204 g/mol. The Labute approximate surface area is 77.1 Å². The summed E-state index contributed by atoms with van der Waals surface area (Å²) in [6, 6.07) is 0. The van der Waals surface area contributed by atoms with Crippen LogP contribution < -0.4 is 5.32 Å². The highest BCUT2D eigenvalue weighted by molar-refractivity contribution is 7.90. The monoisotopic (exact) mass is 204 g/mol. The molecule has 1 saturated carbocycles. The van der Waals surface area contributed by atoms with Gasteiger partial charge in [0.1, 0.15) is 0 Å². The van der Waals surface area contributed by atoms with Gasteiger partial charge < -0.3 is 5.32 Å². The first kappa shape index (κ1) is 8.96. The van der Waals surface area contributed by atoms with E-state index in [0.717, 1.165) is 12.8 Å². The molecular formula is C7H12N2O3S. The maximum absolute atomic E-state index is 11.6. The van der Waals surface area contributed by atoms with Crippen LogP contribution in [0.25, 0.3) is 0 Å². The van der Waals surface area contributed by atoms with Crippen LogP contribution in [-0.4, -0.2) is 43.5 Å². The Kier molecular flexibility index (Phi) is 2.03. The van der Waals surface area contributed by atoms with Gasteiger partial charge in [0.15, 0.2) is 0 Å². The summed E-state index contributed by atoms with van der Waals surface area (Å²) in [7, 11) is -3.15. The van der Waals surface area contributed by atoms with Crippen LogP contribution in [0.2, 0.25) is 0 Å². The van der Waals surface area contributed by atoms with E-state index in [1.165, 1.54) is 4.31 Å². The molecule has 1 aliphatic heterocycles. The standard InChI is InChI=1S/C7H12N2O3S/c10-7-5-9(4-3-8-7)13(11,12)6-1-2-6/h6H,1-5H2,(H,8,10). The van der Waals surface area contributed by atoms with E-state index in [0.29, 0.717) is 13.1 Å². The molecule has 5 nitrogen and oxygen atoms in total. The van der Waals surface area contributed by atoms with Crippen molar-refractivity contribution in [2.24, 2.45) is 0 Å². The van der Waals surface area contributed by atoms with Gasteiger partial charge >= 0.3 is 0 Å². The Morgan fingerprint density at radius 2 is 2.08 bits per heavy atom. The van der Waals surface area contributed by atoms with Gasteiger partial charge in [-0.3, -0.25) is 4.79 Å². The van der Waals surface area contributed by atoms with Crippen molar-refractivity contribution in [1.29, 1.82) is 0 Å². The van der Waals surface area contributed by atoms with E-state index in [1.807, 2.05) is 0 Å². The molecule has 0 aromatic rings. The van der Waals surface area contributed by atoms with Crippen molar-refractivity contribution in [2.45, 2.75) is 18.1 Å². The molecule has 2 fully saturated rings. The van der Waals surface area contributed by atoms with Crippen molar-refractivity contribution < 1.29 is 13.2 Å². The second kappa shape index (κ2) is 2.95.